The molecular formula is C21H18ClN3O3. The third-order valence-corrected chi connectivity index (χ3v) is 4.29. The standard InChI is InChI=1S/C21H18ClN3O3/c1-13-5-3-4-6-16(13)24-21(27)18-11-14(9-10-23-18)20(26)25-17-12-15(22)7-8-19(17)28-2/h3-12H,1-2H3,(H,24,27)(H,25,26). The van der Waals surface area contributed by atoms with Crippen molar-refractivity contribution in [3.05, 3.63) is 82.6 Å². The van der Waals surface area contributed by atoms with Gasteiger partial charge >= 0.3 is 0 Å². The number of amides is 2. The van der Waals surface area contributed by atoms with E-state index < -0.39 is 11.8 Å². The third kappa shape index (κ3) is 4.47. The van der Waals surface area contributed by atoms with E-state index in [4.69, 9.17) is 16.3 Å². The number of para-hydroxylation sites is 1. The Morgan fingerprint density at radius 1 is 0.964 bits per heavy atom. The van der Waals surface area contributed by atoms with E-state index in [0.29, 0.717) is 22.1 Å². The molecule has 2 aromatic carbocycles. The summed E-state index contributed by atoms with van der Waals surface area (Å²) in [5.41, 5.74) is 2.47. The van der Waals surface area contributed by atoms with Crippen molar-refractivity contribution in [3.8, 4) is 5.75 Å². The highest BCUT2D eigenvalue weighted by atomic mass is 35.5. The quantitative estimate of drug-likeness (QED) is 0.663. The highest BCUT2D eigenvalue weighted by Crippen LogP contribution is 2.28. The Morgan fingerprint density at radius 2 is 1.71 bits per heavy atom. The molecule has 0 bridgehead atoms. The van der Waals surface area contributed by atoms with Gasteiger partial charge in [0.1, 0.15) is 11.4 Å². The van der Waals surface area contributed by atoms with Crippen LogP contribution in [0, 0.1) is 6.92 Å². The number of carbonyl (C=O) groups is 2. The van der Waals surface area contributed by atoms with Gasteiger partial charge in [0.15, 0.2) is 0 Å². The number of hydrogen-bond acceptors (Lipinski definition) is 4. The Morgan fingerprint density at radius 3 is 2.46 bits per heavy atom. The highest BCUT2D eigenvalue weighted by molar-refractivity contribution is 6.31. The fourth-order valence-electron chi connectivity index (χ4n) is 2.57. The smallest absolute Gasteiger partial charge is 0.274 e. The Labute approximate surface area is 167 Å². The molecule has 0 aliphatic heterocycles. The van der Waals surface area contributed by atoms with E-state index in [9.17, 15) is 9.59 Å². The summed E-state index contributed by atoms with van der Waals surface area (Å²) in [6.45, 7) is 1.89. The van der Waals surface area contributed by atoms with Crippen LogP contribution in [0.4, 0.5) is 11.4 Å². The van der Waals surface area contributed by atoms with Crippen LogP contribution in [0.1, 0.15) is 26.4 Å². The van der Waals surface area contributed by atoms with E-state index in [2.05, 4.69) is 15.6 Å². The molecule has 3 rings (SSSR count). The van der Waals surface area contributed by atoms with Gasteiger partial charge in [-0.3, -0.25) is 14.6 Å². The first-order valence-electron chi connectivity index (χ1n) is 8.46. The summed E-state index contributed by atoms with van der Waals surface area (Å²) in [6, 6.07) is 15.3. The molecule has 142 valence electrons. The first kappa shape index (κ1) is 19.4. The van der Waals surface area contributed by atoms with Gasteiger partial charge in [0.25, 0.3) is 11.8 Å². The minimum absolute atomic E-state index is 0.133. The first-order valence-corrected chi connectivity index (χ1v) is 8.83. The maximum atomic E-state index is 12.6. The van der Waals surface area contributed by atoms with Crippen LogP contribution >= 0.6 is 11.6 Å². The van der Waals surface area contributed by atoms with Crippen LogP contribution in [0.25, 0.3) is 0 Å². The van der Waals surface area contributed by atoms with E-state index in [-0.39, 0.29) is 11.3 Å². The zero-order chi connectivity index (χ0) is 20.1. The number of aryl methyl sites for hydroxylation is 1. The molecule has 0 fully saturated rings. The largest absolute Gasteiger partial charge is 0.495 e. The molecule has 2 amide bonds. The van der Waals surface area contributed by atoms with Gasteiger partial charge in [-0.25, -0.2) is 0 Å². The lowest BCUT2D eigenvalue weighted by atomic mass is 10.1. The van der Waals surface area contributed by atoms with Crippen molar-refractivity contribution in [1.82, 2.24) is 4.98 Å². The molecule has 28 heavy (non-hydrogen) atoms. The molecule has 3 aromatic rings. The monoisotopic (exact) mass is 395 g/mol. The van der Waals surface area contributed by atoms with Gasteiger partial charge in [0.2, 0.25) is 0 Å². The fourth-order valence-corrected chi connectivity index (χ4v) is 2.74. The lowest BCUT2D eigenvalue weighted by Gasteiger charge is -2.11. The summed E-state index contributed by atoms with van der Waals surface area (Å²) in [6.07, 6.45) is 1.41. The van der Waals surface area contributed by atoms with E-state index in [1.807, 2.05) is 25.1 Å². The molecule has 0 saturated heterocycles. The Kier molecular flexibility index (Phi) is 5.91. The number of carbonyl (C=O) groups excluding carboxylic acids is 2. The highest BCUT2D eigenvalue weighted by Gasteiger charge is 2.14. The normalized spacial score (nSPS) is 10.2. The second-order valence-electron chi connectivity index (χ2n) is 6.00. The number of ether oxygens (including phenoxy) is 1. The molecule has 0 atom stereocenters. The van der Waals surface area contributed by atoms with Crippen LogP contribution in [0.2, 0.25) is 5.02 Å². The topological polar surface area (TPSA) is 80.3 Å². The lowest BCUT2D eigenvalue weighted by Crippen LogP contribution is -2.17. The number of rotatable bonds is 5. The second-order valence-corrected chi connectivity index (χ2v) is 6.43. The average Bonchev–Trinajstić information content (AvgIpc) is 2.70. The Balaban J connectivity index is 1.79. The third-order valence-electron chi connectivity index (χ3n) is 4.06. The van der Waals surface area contributed by atoms with Crippen LogP contribution in [0.15, 0.2) is 60.8 Å². The van der Waals surface area contributed by atoms with Crippen molar-refractivity contribution in [2.45, 2.75) is 6.92 Å². The summed E-state index contributed by atoms with van der Waals surface area (Å²) in [5, 5.41) is 6.00. The molecule has 0 saturated carbocycles. The molecule has 0 radical (unpaired) electrons. The van der Waals surface area contributed by atoms with Gasteiger partial charge in [-0.15, -0.1) is 0 Å². The zero-order valence-electron chi connectivity index (χ0n) is 15.3. The van der Waals surface area contributed by atoms with Crippen molar-refractivity contribution in [2.75, 3.05) is 17.7 Å². The van der Waals surface area contributed by atoms with Gasteiger partial charge in [-0.05, 0) is 48.9 Å². The molecule has 2 N–H and O–H groups in total. The number of anilines is 2. The van der Waals surface area contributed by atoms with Gasteiger partial charge < -0.3 is 15.4 Å². The minimum Gasteiger partial charge on any atom is -0.495 e. The SMILES string of the molecule is COc1ccc(Cl)cc1NC(=O)c1ccnc(C(=O)Nc2ccccc2C)c1. The number of benzene rings is 2. The van der Waals surface area contributed by atoms with Gasteiger partial charge in [-0.2, -0.15) is 0 Å². The summed E-state index contributed by atoms with van der Waals surface area (Å²) < 4.78 is 5.23. The summed E-state index contributed by atoms with van der Waals surface area (Å²) >= 11 is 5.99. The molecule has 1 aromatic heterocycles. The van der Waals surface area contributed by atoms with E-state index in [0.717, 1.165) is 5.56 Å². The number of halogens is 1. The predicted molar refractivity (Wildman–Crippen MR) is 109 cm³/mol. The van der Waals surface area contributed by atoms with Crippen molar-refractivity contribution < 1.29 is 14.3 Å². The van der Waals surface area contributed by atoms with Crippen molar-refractivity contribution >= 4 is 34.8 Å². The van der Waals surface area contributed by atoms with E-state index >= 15 is 0 Å². The fraction of sp³-hybridized carbons (Fsp3) is 0.0952. The Hall–Kier alpha value is -3.38. The predicted octanol–water partition coefficient (Wildman–Crippen LogP) is 4.56. The van der Waals surface area contributed by atoms with Crippen LogP contribution < -0.4 is 15.4 Å². The van der Waals surface area contributed by atoms with Gasteiger partial charge in [0.05, 0.1) is 12.8 Å². The summed E-state index contributed by atoms with van der Waals surface area (Å²) in [5.74, 6) is -0.332. The number of hydrogen-bond donors (Lipinski definition) is 2. The summed E-state index contributed by atoms with van der Waals surface area (Å²) in [7, 11) is 1.50. The number of pyridine rings is 1. The molecule has 0 aliphatic carbocycles. The second kappa shape index (κ2) is 8.54. The van der Waals surface area contributed by atoms with Gasteiger partial charge in [0, 0.05) is 22.5 Å². The number of nitrogens with one attached hydrogen (secondary N) is 2. The van der Waals surface area contributed by atoms with Crippen LogP contribution in [0.5, 0.6) is 5.75 Å². The van der Waals surface area contributed by atoms with Crippen molar-refractivity contribution in [3.63, 3.8) is 0 Å². The number of aromatic nitrogens is 1. The molecule has 7 heteroatoms. The maximum Gasteiger partial charge on any atom is 0.274 e. The maximum absolute atomic E-state index is 12.6. The molecule has 1 heterocycles. The first-order chi connectivity index (χ1) is 13.5. The molecule has 0 aliphatic rings. The van der Waals surface area contributed by atoms with Crippen molar-refractivity contribution in [1.29, 1.82) is 0 Å². The van der Waals surface area contributed by atoms with E-state index in [1.165, 1.54) is 25.4 Å². The minimum atomic E-state index is -0.409. The van der Waals surface area contributed by atoms with Crippen LogP contribution in [-0.4, -0.2) is 23.9 Å². The molecule has 6 nitrogen and oxygen atoms in total. The zero-order valence-corrected chi connectivity index (χ0v) is 16.1. The number of methoxy groups -OCH3 is 1. The van der Waals surface area contributed by atoms with Crippen LogP contribution in [0.3, 0.4) is 0 Å². The molecular weight excluding hydrogens is 378 g/mol. The Bertz CT molecular complexity index is 1040. The molecule has 0 unspecified atom stereocenters. The molecule has 0 spiro atoms. The average molecular weight is 396 g/mol. The van der Waals surface area contributed by atoms with Crippen molar-refractivity contribution in [2.24, 2.45) is 0 Å². The van der Waals surface area contributed by atoms with Crippen LogP contribution in [-0.2, 0) is 0 Å². The number of nitrogens with zero attached hydrogens (tertiary/aromatic N) is 1. The summed E-state index contributed by atoms with van der Waals surface area (Å²) in [4.78, 5) is 29.2. The lowest BCUT2D eigenvalue weighted by molar-refractivity contribution is 0.102. The van der Waals surface area contributed by atoms with E-state index in [1.54, 1.807) is 24.3 Å². The van der Waals surface area contributed by atoms with Gasteiger partial charge in [-0.1, -0.05) is 29.8 Å².